The number of fused-ring (bicyclic) bond motifs is 1. The topological polar surface area (TPSA) is 46.2 Å². The fraction of sp³-hybridized carbons (Fsp3) is 0. The van der Waals surface area contributed by atoms with Crippen LogP contribution < -0.4 is 5.73 Å². The van der Waals surface area contributed by atoms with Crippen molar-refractivity contribution in [1.29, 1.82) is 0 Å². The number of phenolic OH excluding ortho intramolecular Hbond substituents is 1. The van der Waals surface area contributed by atoms with Crippen molar-refractivity contribution in [3.8, 4) is 5.75 Å². The highest BCUT2D eigenvalue weighted by molar-refractivity contribution is 6.36. The number of rotatable bonds is 0. The van der Waals surface area contributed by atoms with Crippen LogP contribution in [0.15, 0.2) is 30.3 Å². The minimum absolute atomic E-state index is 0.0700. The zero-order valence-electron chi connectivity index (χ0n) is 6.79. The molecule has 0 fully saturated rings. The normalized spacial score (nSPS) is 10.5. The Balaban J connectivity index is 2.97. The highest BCUT2D eigenvalue weighted by Gasteiger charge is 2.05. The molecule has 0 bridgehead atoms. The monoisotopic (exact) mass is 193 g/mol. The summed E-state index contributed by atoms with van der Waals surface area (Å²) >= 11 is 5.94. The minimum atomic E-state index is 0.0700. The van der Waals surface area contributed by atoms with Crippen molar-refractivity contribution in [3.63, 3.8) is 0 Å². The second-order valence-corrected chi connectivity index (χ2v) is 3.24. The van der Waals surface area contributed by atoms with Crippen LogP contribution in [0.4, 0.5) is 5.69 Å². The molecule has 2 aromatic carbocycles. The Morgan fingerprint density at radius 1 is 1.15 bits per heavy atom. The van der Waals surface area contributed by atoms with Gasteiger partial charge in [-0.2, -0.15) is 0 Å². The summed E-state index contributed by atoms with van der Waals surface area (Å²) < 4.78 is 0. The molecular weight excluding hydrogens is 186 g/mol. The Morgan fingerprint density at radius 2 is 1.92 bits per heavy atom. The van der Waals surface area contributed by atoms with Gasteiger partial charge in [0.25, 0.3) is 0 Å². The molecule has 0 aliphatic carbocycles. The van der Waals surface area contributed by atoms with E-state index in [2.05, 4.69) is 0 Å². The number of nitrogen functional groups attached to an aromatic ring is 1. The van der Waals surface area contributed by atoms with E-state index in [0.29, 0.717) is 16.1 Å². The van der Waals surface area contributed by atoms with E-state index in [0.717, 1.165) is 5.39 Å². The maximum absolute atomic E-state index is 9.36. The Labute approximate surface area is 80.6 Å². The molecule has 3 heteroatoms. The third kappa shape index (κ3) is 1.19. The summed E-state index contributed by atoms with van der Waals surface area (Å²) in [5.41, 5.74) is 6.02. The molecule has 0 aromatic heterocycles. The maximum Gasteiger partial charge on any atom is 0.139 e. The lowest BCUT2D eigenvalue weighted by Crippen LogP contribution is -1.88. The molecule has 0 aliphatic heterocycles. The highest BCUT2D eigenvalue weighted by atomic mass is 35.5. The molecule has 2 aromatic rings. The van der Waals surface area contributed by atoms with Gasteiger partial charge in [0, 0.05) is 5.39 Å². The lowest BCUT2D eigenvalue weighted by Gasteiger charge is -2.05. The van der Waals surface area contributed by atoms with Crippen molar-refractivity contribution in [1.82, 2.24) is 0 Å². The van der Waals surface area contributed by atoms with Crippen molar-refractivity contribution in [2.24, 2.45) is 0 Å². The van der Waals surface area contributed by atoms with E-state index in [1.807, 2.05) is 12.1 Å². The first-order valence-corrected chi connectivity index (χ1v) is 4.23. The van der Waals surface area contributed by atoms with Gasteiger partial charge in [0.05, 0.1) is 10.7 Å². The molecule has 0 saturated carbocycles. The molecule has 2 rings (SSSR count). The minimum Gasteiger partial charge on any atom is -0.506 e. The molecule has 0 radical (unpaired) electrons. The summed E-state index contributed by atoms with van der Waals surface area (Å²) in [6.07, 6.45) is 0. The van der Waals surface area contributed by atoms with Crippen molar-refractivity contribution < 1.29 is 5.11 Å². The molecule has 0 unspecified atom stereocenters. The SMILES string of the molecule is Nc1c(O)ccc2cccc(Cl)c12. The van der Waals surface area contributed by atoms with Gasteiger partial charge in [-0.05, 0) is 17.5 Å². The molecule has 0 atom stereocenters. The first kappa shape index (κ1) is 8.20. The number of hydrogen-bond acceptors (Lipinski definition) is 2. The second-order valence-electron chi connectivity index (χ2n) is 2.84. The van der Waals surface area contributed by atoms with Gasteiger partial charge in [-0.25, -0.2) is 0 Å². The lowest BCUT2D eigenvalue weighted by molar-refractivity contribution is 0.478. The van der Waals surface area contributed by atoms with Crippen LogP contribution in [0.5, 0.6) is 5.75 Å². The molecule has 0 heterocycles. The summed E-state index contributed by atoms with van der Waals surface area (Å²) in [5.74, 6) is 0.0700. The number of anilines is 1. The van der Waals surface area contributed by atoms with Gasteiger partial charge in [0.15, 0.2) is 0 Å². The Hall–Kier alpha value is -1.41. The molecule has 2 nitrogen and oxygen atoms in total. The standard InChI is InChI=1S/C10H8ClNO/c11-7-3-1-2-6-4-5-8(13)10(12)9(6)7/h1-5,13H,12H2. The van der Waals surface area contributed by atoms with Gasteiger partial charge in [-0.15, -0.1) is 0 Å². The zero-order chi connectivity index (χ0) is 9.42. The van der Waals surface area contributed by atoms with Crippen LogP contribution >= 0.6 is 11.6 Å². The molecule has 13 heavy (non-hydrogen) atoms. The summed E-state index contributed by atoms with van der Waals surface area (Å²) in [5, 5.41) is 11.6. The summed E-state index contributed by atoms with van der Waals surface area (Å²) in [7, 11) is 0. The third-order valence-electron chi connectivity index (χ3n) is 2.01. The number of phenols is 1. The van der Waals surface area contributed by atoms with Gasteiger partial charge >= 0.3 is 0 Å². The molecule has 0 amide bonds. The van der Waals surface area contributed by atoms with Crippen LogP contribution in [0.25, 0.3) is 10.8 Å². The van der Waals surface area contributed by atoms with Gasteiger partial charge < -0.3 is 10.8 Å². The predicted octanol–water partition coefficient (Wildman–Crippen LogP) is 2.78. The van der Waals surface area contributed by atoms with E-state index in [-0.39, 0.29) is 5.75 Å². The molecule has 66 valence electrons. The van der Waals surface area contributed by atoms with Crippen LogP contribution in [0.1, 0.15) is 0 Å². The van der Waals surface area contributed by atoms with E-state index >= 15 is 0 Å². The molecular formula is C10H8ClNO. The van der Waals surface area contributed by atoms with Gasteiger partial charge in [0.2, 0.25) is 0 Å². The first-order chi connectivity index (χ1) is 6.20. The van der Waals surface area contributed by atoms with E-state index < -0.39 is 0 Å². The van der Waals surface area contributed by atoms with Gasteiger partial charge in [-0.3, -0.25) is 0 Å². The fourth-order valence-electron chi connectivity index (χ4n) is 1.35. The van der Waals surface area contributed by atoms with E-state index in [9.17, 15) is 5.11 Å². The third-order valence-corrected chi connectivity index (χ3v) is 2.33. The smallest absolute Gasteiger partial charge is 0.139 e. The highest BCUT2D eigenvalue weighted by Crippen LogP contribution is 2.34. The fourth-order valence-corrected chi connectivity index (χ4v) is 1.63. The van der Waals surface area contributed by atoms with Crippen LogP contribution in [0, 0.1) is 0 Å². The number of hydrogen-bond donors (Lipinski definition) is 2. The zero-order valence-corrected chi connectivity index (χ0v) is 7.55. The van der Waals surface area contributed by atoms with Crippen LogP contribution in [-0.4, -0.2) is 5.11 Å². The number of benzene rings is 2. The van der Waals surface area contributed by atoms with Crippen molar-refractivity contribution in [2.75, 3.05) is 5.73 Å². The maximum atomic E-state index is 9.36. The first-order valence-electron chi connectivity index (χ1n) is 3.86. The largest absolute Gasteiger partial charge is 0.506 e. The number of halogens is 1. The number of aromatic hydroxyl groups is 1. The van der Waals surface area contributed by atoms with Crippen LogP contribution in [0.3, 0.4) is 0 Å². The van der Waals surface area contributed by atoms with Crippen molar-refractivity contribution in [3.05, 3.63) is 35.4 Å². The summed E-state index contributed by atoms with van der Waals surface area (Å²) in [6, 6.07) is 8.85. The molecule has 0 spiro atoms. The molecule has 0 aliphatic rings. The number of nitrogens with two attached hydrogens (primary N) is 1. The lowest BCUT2D eigenvalue weighted by atomic mass is 10.1. The molecule has 3 N–H and O–H groups in total. The molecule has 0 saturated heterocycles. The quantitative estimate of drug-likeness (QED) is 0.499. The Morgan fingerprint density at radius 3 is 2.69 bits per heavy atom. The average Bonchev–Trinajstić information content (AvgIpc) is 2.12. The Kier molecular flexibility index (Phi) is 1.78. The van der Waals surface area contributed by atoms with Crippen molar-refractivity contribution in [2.45, 2.75) is 0 Å². The van der Waals surface area contributed by atoms with Gasteiger partial charge in [0.1, 0.15) is 5.75 Å². The van der Waals surface area contributed by atoms with Crippen LogP contribution in [0.2, 0.25) is 5.02 Å². The summed E-state index contributed by atoms with van der Waals surface area (Å²) in [4.78, 5) is 0. The van der Waals surface area contributed by atoms with E-state index in [1.165, 1.54) is 0 Å². The van der Waals surface area contributed by atoms with E-state index in [1.54, 1.807) is 18.2 Å². The van der Waals surface area contributed by atoms with Crippen molar-refractivity contribution >= 4 is 28.1 Å². The average molecular weight is 194 g/mol. The van der Waals surface area contributed by atoms with Crippen LogP contribution in [-0.2, 0) is 0 Å². The second kappa shape index (κ2) is 2.82. The van der Waals surface area contributed by atoms with Gasteiger partial charge in [-0.1, -0.05) is 29.8 Å². The Bertz CT molecular complexity index is 468. The predicted molar refractivity (Wildman–Crippen MR) is 55.0 cm³/mol. The van der Waals surface area contributed by atoms with E-state index in [4.69, 9.17) is 17.3 Å². The summed E-state index contributed by atoms with van der Waals surface area (Å²) in [6.45, 7) is 0.